The van der Waals surface area contributed by atoms with E-state index in [0.29, 0.717) is 12.2 Å². The Morgan fingerprint density at radius 2 is 1.81 bits per heavy atom. The Balaban J connectivity index is 1.43. The van der Waals surface area contributed by atoms with Crippen LogP contribution in [-0.4, -0.2) is 44.8 Å². The Bertz CT molecular complexity index is 946. The van der Waals surface area contributed by atoms with Crippen molar-refractivity contribution < 1.29 is 23.5 Å². The molecule has 2 heterocycles. The third-order valence-electron chi connectivity index (χ3n) is 6.73. The van der Waals surface area contributed by atoms with Gasteiger partial charge in [0.05, 0.1) is 17.9 Å². The second kappa shape index (κ2) is 9.33. The first kappa shape index (κ1) is 23.0. The van der Waals surface area contributed by atoms with Gasteiger partial charge in [0.15, 0.2) is 6.61 Å². The van der Waals surface area contributed by atoms with Crippen molar-refractivity contribution in [3.63, 3.8) is 0 Å². The number of carbonyl (C=O) groups is 1. The number of hydrogen-bond donors (Lipinski definition) is 1. The van der Waals surface area contributed by atoms with Crippen molar-refractivity contribution in [2.24, 2.45) is 5.92 Å². The van der Waals surface area contributed by atoms with Gasteiger partial charge in [0.1, 0.15) is 5.75 Å². The fourth-order valence-electron chi connectivity index (χ4n) is 5.28. The quantitative estimate of drug-likeness (QED) is 0.469. The number of ether oxygens (including phenoxy) is 2. The summed E-state index contributed by atoms with van der Waals surface area (Å²) in [6.45, 7) is 5.63. The molecule has 0 spiro atoms. The van der Waals surface area contributed by atoms with E-state index < -0.39 is 8.41 Å². The Kier molecular flexibility index (Phi) is 6.69. The van der Waals surface area contributed by atoms with E-state index in [-0.39, 0.29) is 42.8 Å². The maximum atomic E-state index is 14.9. The zero-order chi connectivity index (χ0) is 22.9. The number of aliphatic hydroxyl groups is 1. The summed E-state index contributed by atoms with van der Waals surface area (Å²) in [5.41, 5.74) is 2.63. The third-order valence-corrected chi connectivity index (χ3v) is 9.21. The minimum Gasteiger partial charge on any atom is -0.482 e. The number of para-hydroxylation sites is 2. The van der Waals surface area contributed by atoms with Crippen molar-refractivity contribution in [2.45, 2.75) is 57.0 Å². The van der Waals surface area contributed by atoms with Crippen LogP contribution in [0.4, 0.5) is 15.5 Å². The van der Waals surface area contributed by atoms with Gasteiger partial charge in [-0.2, -0.15) is 0 Å². The molecule has 0 radical (unpaired) electrons. The standard InChI is InChI=1S/C25H32FNO4Si/c1-17-21(31-23(14-15-28)25(17)32(2,3)26)13-10-18-8-11-19(12-9-18)27-20-6-4-5-7-22(20)30-16-24(27)29/h4-9,11-12,17,21,23,25,28H,10,13-16H2,1-3H3/t17-,21+,23-,25+/m1/s1. The number of nitrogens with zero attached hydrogens (tertiary/aromatic N) is 1. The molecule has 2 aliphatic heterocycles. The average molecular weight is 458 g/mol. The van der Waals surface area contributed by atoms with E-state index in [4.69, 9.17) is 9.47 Å². The van der Waals surface area contributed by atoms with E-state index in [0.717, 1.165) is 29.8 Å². The Morgan fingerprint density at radius 3 is 2.50 bits per heavy atom. The van der Waals surface area contributed by atoms with Gasteiger partial charge in [-0.1, -0.05) is 31.2 Å². The molecule has 1 fully saturated rings. The van der Waals surface area contributed by atoms with Crippen LogP contribution in [-0.2, 0) is 16.0 Å². The fraction of sp³-hybridized carbons (Fsp3) is 0.480. The second-order valence-corrected chi connectivity index (χ2v) is 13.2. The number of aryl methyl sites for hydroxylation is 1. The summed E-state index contributed by atoms with van der Waals surface area (Å²) in [4.78, 5) is 14.2. The molecule has 0 aliphatic carbocycles. The smallest absolute Gasteiger partial charge is 0.269 e. The number of hydrogen-bond acceptors (Lipinski definition) is 4. The largest absolute Gasteiger partial charge is 0.482 e. The van der Waals surface area contributed by atoms with Crippen molar-refractivity contribution >= 4 is 25.7 Å². The van der Waals surface area contributed by atoms with E-state index in [9.17, 15) is 14.0 Å². The summed E-state index contributed by atoms with van der Waals surface area (Å²) in [6, 6.07) is 15.5. The topological polar surface area (TPSA) is 59.0 Å². The monoisotopic (exact) mass is 457 g/mol. The molecule has 1 amide bonds. The SMILES string of the molecule is C[C@H]1[C@H]([Si](C)(C)F)[C@@H](CCO)O[C@H]1CCc1ccc(N2C(=O)COc3ccccc32)cc1. The lowest BCUT2D eigenvalue weighted by molar-refractivity contribution is -0.120. The van der Waals surface area contributed by atoms with Crippen LogP contribution in [0.2, 0.25) is 18.6 Å². The molecule has 4 rings (SSSR count). The van der Waals surface area contributed by atoms with Crippen LogP contribution in [0.5, 0.6) is 5.75 Å². The normalized spacial score (nSPS) is 25.5. The van der Waals surface area contributed by atoms with Crippen molar-refractivity contribution in [1.29, 1.82) is 0 Å². The number of rotatable bonds is 7. The predicted molar refractivity (Wildman–Crippen MR) is 126 cm³/mol. The number of aliphatic hydroxyl groups excluding tert-OH is 1. The summed E-state index contributed by atoms with van der Waals surface area (Å²) in [5.74, 6) is 0.749. The second-order valence-electron chi connectivity index (χ2n) is 9.37. The molecule has 2 aromatic rings. The van der Waals surface area contributed by atoms with Crippen LogP contribution in [0.25, 0.3) is 0 Å². The Morgan fingerprint density at radius 1 is 1.09 bits per heavy atom. The molecule has 0 saturated carbocycles. The molecular formula is C25H32FNO4Si. The highest BCUT2D eigenvalue weighted by Crippen LogP contribution is 2.46. The Hall–Kier alpha value is -2.22. The maximum Gasteiger partial charge on any atom is 0.269 e. The zero-order valence-electron chi connectivity index (χ0n) is 19.0. The van der Waals surface area contributed by atoms with Crippen molar-refractivity contribution in [2.75, 3.05) is 18.1 Å². The molecule has 0 aromatic heterocycles. The van der Waals surface area contributed by atoms with Crippen molar-refractivity contribution in [3.8, 4) is 5.75 Å². The Labute approximate surface area is 190 Å². The van der Waals surface area contributed by atoms with E-state index in [1.165, 1.54) is 0 Å². The number of benzene rings is 2. The zero-order valence-corrected chi connectivity index (χ0v) is 20.0. The minimum atomic E-state index is -2.88. The van der Waals surface area contributed by atoms with Crippen LogP contribution in [0, 0.1) is 5.92 Å². The van der Waals surface area contributed by atoms with Gasteiger partial charge in [-0.15, -0.1) is 0 Å². The van der Waals surface area contributed by atoms with E-state index in [1.54, 1.807) is 18.0 Å². The average Bonchev–Trinajstić information content (AvgIpc) is 3.08. The molecule has 5 nitrogen and oxygen atoms in total. The lowest BCUT2D eigenvalue weighted by Gasteiger charge is -2.29. The maximum absolute atomic E-state index is 14.9. The molecule has 7 heteroatoms. The van der Waals surface area contributed by atoms with Crippen LogP contribution >= 0.6 is 0 Å². The highest BCUT2D eigenvalue weighted by atomic mass is 28.4. The van der Waals surface area contributed by atoms with Crippen LogP contribution < -0.4 is 9.64 Å². The molecule has 1 N–H and O–H groups in total. The fourth-order valence-corrected chi connectivity index (χ4v) is 7.88. The molecule has 2 aromatic carbocycles. The first-order chi connectivity index (χ1) is 15.3. The van der Waals surface area contributed by atoms with Gasteiger partial charge in [0.25, 0.3) is 5.91 Å². The van der Waals surface area contributed by atoms with Crippen LogP contribution in [0.1, 0.15) is 25.3 Å². The van der Waals surface area contributed by atoms with Gasteiger partial charge in [-0.3, -0.25) is 9.69 Å². The molecule has 4 atom stereocenters. The number of carbonyl (C=O) groups excluding carboxylic acids is 1. The summed E-state index contributed by atoms with van der Waals surface area (Å²) in [6.07, 6.45) is 1.92. The lowest BCUT2D eigenvalue weighted by Crippen LogP contribution is -2.36. The first-order valence-electron chi connectivity index (χ1n) is 11.4. The highest BCUT2D eigenvalue weighted by molar-refractivity contribution is 6.72. The summed E-state index contributed by atoms with van der Waals surface area (Å²) in [7, 11) is -2.88. The molecule has 0 bridgehead atoms. The van der Waals surface area contributed by atoms with Gasteiger partial charge in [-0.25, -0.2) is 0 Å². The van der Waals surface area contributed by atoms with Gasteiger partial charge in [0.2, 0.25) is 8.41 Å². The minimum absolute atomic E-state index is 0.00792. The molecular weight excluding hydrogens is 425 g/mol. The molecule has 172 valence electrons. The summed E-state index contributed by atoms with van der Waals surface area (Å²) >= 11 is 0. The van der Waals surface area contributed by atoms with E-state index in [2.05, 4.69) is 6.92 Å². The lowest BCUT2D eigenvalue weighted by atomic mass is 9.95. The number of anilines is 2. The van der Waals surface area contributed by atoms with E-state index >= 15 is 0 Å². The molecule has 0 unspecified atom stereocenters. The predicted octanol–water partition coefficient (Wildman–Crippen LogP) is 5.01. The summed E-state index contributed by atoms with van der Waals surface area (Å²) < 4.78 is 26.7. The molecule has 1 saturated heterocycles. The third kappa shape index (κ3) is 4.60. The van der Waals surface area contributed by atoms with Crippen LogP contribution in [0.3, 0.4) is 0 Å². The van der Waals surface area contributed by atoms with Gasteiger partial charge in [-0.05, 0) is 68.1 Å². The van der Waals surface area contributed by atoms with Crippen molar-refractivity contribution in [1.82, 2.24) is 0 Å². The highest BCUT2D eigenvalue weighted by Gasteiger charge is 2.50. The van der Waals surface area contributed by atoms with Gasteiger partial charge in [0, 0.05) is 17.8 Å². The number of fused-ring (bicyclic) bond motifs is 1. The van der Waals surface area contributed by atoms with Crippen LogP contribution in [0.15, 0.2) is 48.5 Å². The first-order valence-corrected chi connectivity index (χ1v) is 14.3. The van der Waals surface area contributed by atoms with Gasteiger partial charge < -0.3 is 18.7 Å². The molecule has 2 aliphatic rings. The van der Waals surface area contributed by atoms with Gasteiger partial charge >= 0.3 is 0 Å². The number of amides is 1. The molecule has 32 heavy (non-hydrogen) atoms. The van der Waals surface area contributed by atoms with E-state index in [1.807, 2.05) is 48.5 Å². The number of halogens is 1. The summed E-state index contributed by atoms with van der Waals surface area (Å²) in [5, 5.41) is 9.38. The van der Waals surface area contributed by atoms with Crippen molar-refractivity contribution in [3.05, 3.63) is 54.1 Å².